The number of Topliss-reactive ketones (excluding diaryl/α,β-unsaturated/α-hetero) is 1. The highest BCUT2D eigenvalue weighted by Crippen LogP contribution is 2.35. The highest BCUT2D eigenvalue weighted by Gasteiger charge is 2.52. The van der Waals surface area contributed by atoms with Gasteiger partial charge in [0.2, 0.25) is 0 Å². The highest BCUT2D eigenvalue weighted by atomic mass is 32.2. The van der Waals surface area contributed by atoms with Crippen molar-refractivity contribution in [3.63, 3.8) is 0 Å². The Bertz CT molecular complexity index is 1330. The van der Waals surface area contributed by atoms with Gasteiger partial charge in [-0.25, -0.2) is 13.9 Å². The summed E-state index contributed by atoms with van der Waals surface area (Å²) in [5.74, 6) is -0.379. The van der Waals surface area contributed by atoms with Crippen LogP contribution >= 0.6 is 0 Å². The quantitative estimate of drug-likeness (QED) is 0.182. The summed E-state index contributed by atoms with van der Waals surface area (Å²) in [5.41, 5.74) is 2.20. The molecule has 3 aromatic carbocycles. The second-order valence-electron chi connectivity index (χ2n) is 8.81. The van der Waals surface area contributed by atoms with Crippen LogP contribution in [0.15, 0.2) is 71.6 Å². The van der Waals surface area contributed by atoms with Gasteiger partial charge in [-0.05, 0) is 66.8 Å². The first kappa shape index (κ1) is 25.8. The van der Waals surface area contributed by atoms with Crippen LogP contribution in [0, 0.1) is 0 Å². The van der Waals surface area contributed by atoms with Gasteiger partial charge in [0.25, 0.3) is 5.91 Å². The molecular weight excluding hydrogens is 482 g/mol. The van der Waals surface area contributed by atoms with Crippen LogP contribution in [0.2, 0.25) is 0 Å². The minimum atomic E-state index is -4.08. The van der Waals surface area contributed by atoms with Crippen molar-refractivity contribution in [1.82, 2.24) is 5.48 Å². The third kappa shape index (κ3) is 5.28. The lowest BCUT2D eigenvalue weighted by molar-refractivity contribution is -0.134. The molecule has 0 radical (unpaired) electrons. The summed E-state index contributed by atoms with van der Waals surface area (Å²) < 4.78 is 35.7. The molecule has 0 bridgehead atoms. The Morgan fingerprint density at radius 3 is 2.33 bits per heavy atom. The molecule has 1 aliphatic heterocycles. The van der Waals surface area contributed by atoms with Crippen molar-refractivity contribution in [2.24, 2.45) is 0 Å². The van der Waals surface area contributed by atoms with Gasteiger partial charge in [0.1, 0.15) is 5.75 Å². The van der Waals surface area contributed by atoms with E-state index in [1.807, 2.05) is 42.5 Å². The molecule has 190 valence electrons. The zero-order chi connectivity index (χ0) is 25.6. The van der Waals surface area contributed by atoms with Gasteiger partial charge in [0, 0.05) is 25.2 Å². The topological polar surface area (TPSA) is 119 Å². The van der Waals surface area contributed by atoms with E-state index in [0.717, 1.165) is 10.8 Å². The predicted molar refractivity (Wildman–Crippen MR) is 134 cm³/mol. The van der Waals surface area contributed by atoms with E-state index in [2.05, 4.69) is 0 Å². The van der Waals surface area contributed by atoms with Gasteiger partial charge in [0.05, 0.1) is 11.5 Å². The van der Waals surface area contributed by atoms with Crippen molar-refractivity contribution in [3.05, 3.63) is 72.3 Å². The molecule has 3 aromatic rings. The molecule has 36 heavy (non-hydrogen) atoms. The van der Waals surface area contributed by atoms with Gasteiger partial charge >= 0.3 is 0 Å². The minimum absolute atomic E-state index is 0.0265. The fourth-order valence-corrected chi connectivity index (χ4v) is 6.39. The molecule has 1 fully saturated rings. The van der Waals surface area contributed by atoms with Crippen molar-refractivity contribution >= 4 is 32.3 Å². The first-order chi connectivity index (χ1) is 17.4. The lowest BCUT2D eigenvalue weighted by atomic mass is 9.98. The third-order valence-electron chi connectivity index (χ3n) is 6.60. The monoisotopic (exact) mass is 511 g/mol. The average Bonchev–Trinajstić information content (AvgIpc) is 2.92. The third-order valence-corrected chi connectivity index (χ3v) is 9.12. The maximum absolute atomic E-state index is 13.3. The highest BCUT2D eigenvalue weighted by molar-refractivity contribution is 7.93. The number of fused-ring (bicyclic) bond motifs is 1. The van der Waals surface area contributed by atoms with Gasteiger partial charge in [0.15, 0.2) is 20.4 Å². The largest absolute Gasteiger partial charge is 0.494 e. The molecule has 0 spiro atoms. The number of benzene rings is 3. The van der Waals surface area contributed by atoms with E-state index < -0.39 is 20.5 Å². The van der Waals surface area contributed by atoms with Crippen LogP contribution in [-0.4, -0.2) is 49.9 Å². The molecule has 9 heteroatoms. The molecule has 0 atom stereocenters. The Morgan fingerprint density at radius 1 is 0.944 bits per heavy atom. The lowest BCUT2D eigenvalue weighted by Crippen LogP contribution is -2.54. The number of ether oxygens (including phenoxy) is 2. The van der Waals surface area contributed by atoms with E-state index >= 15 is 0 Å². The summed E-state index contributed by atoms with van der Waals surface area (Å²) in [6.07, 6.45) is 1.66. The van der Waals surface area contributed by atoms with E-state index in [1.54, 1.807) is 0 Å². The number of sulfone groups is 1. The molecule has 8 nitrogen and oxygen atoms in total. The molecule has 1 aliphatic rings. The van der Waals surface area contributed by atoms with E-state index in [4.69, 9.17) is 14.7 Å². The second-order valence-corrected chi connectivity index (χ2v) is 11.1. The minimum Gasteiger partial charge on any atom is -0.494 e. The molecule has 0 aromatic heterocycles. The number of carbonyl (C=O) groups is 2. The molecule has 2 N–H and O–H groups in total. The molecule has 4 rings (SSSR count). The molecule has 1 heterocycles. The molecular formula is C27H29NO7S. The number of rotatable bonds is 10. The fourth-order valence-electron chi connectivity index (χ4n) is 4.45. The number of hydrogen-bond donors (Lipinski definition) is 2. The molecule has 1 saturated heterocycles. The zero-order valence-corrected chi connectivity index (χ0v) is 20.6. The number of ketones is 1. The van der Waals surface area contributed by atoms with Crippen molar-refractivity contribution in [2.45, 2.75) is 41.7 Å². The van der Waals surface area contributed by atoms with E-state index in [0.29, 0.717) is 37.2 Å². The molecule has 0 saturated carbocycles. The predicted octanol–water partition coefficient (Wildman–Crippen LogP) is 4.10. The Morgan fingerprint density at radius 2 is 1.64 bits per heavy atom. The summed E-state index contributed by atoms with van der Waals surface area (Å²) in [4.78, 5) is 24.8. The summed E-state index contributed by atoms with van der Waals surface area (Å²) in [6.45, 7) is 0.597. The molecule has 0 unspecified atom stereocenters. The molecule has 0 aliphatic carbocycles. The van der Waals surface area contributed by atoms with Gasteiger partial charge < -0.3 is 9.47 Å². The molecule has 1 amide bonds. The Hall–Kier alpha value is -3.27. The van der Waals surface area contributed by atoms with Crippen molar-refractivity contribution in [1.29, 1.82) is 0 Å². The van der Waals surface area contributed by atoms with Crippen LogP contribution in [0.5, 0.6) is 5.75 Å². The van der Waals surface area contributed by atoms with Gasteiger partial charge in [-0.2, -0.15) is 0 Å². The van der Waals surface area contributed by atoms with Crippen LogP contribution in [-0.2, 0) is 19.4 Å². The number of hydrogen-bond acceptors (Lipinski definition) is 7. The van der Waals surface area contributed by atoms with Crippen LogP contribution in [0.4, 0.5) is 0 Å². The first-order valence-corrected chi connectivity index (χ1v) is 13.4. The summed E-state index contributed by atoms with van der Waals surface area (Å²) >= 11 is 0. The Labute approximate surface area is 210 Å². The number of amides is 1. The maximum Gasteiger partial charge on any atom is 0.265 e. The lowest BCUT2D eigenvalue weighted by Gasteiger charge is -2.34. The van der Waals surface area contributed by atoms with Gasteiger partial charge in [-0.15, -0.1) is 0 Å². The van der Waals surface area contributed by atoms with Crippen LogP contribution in [0.3, 0.4) is 0 Å². The van der Waals surface area contributed by atoms with Crippen molar-refractivity contribution in [3.8, 4) is 5.75 Å². The average molecular weight is 512 g/mol. The standard InChI is InChI=1S/C27H29NO7S/c29-25(22-9-8-20-5-1-2-6-21(20)19-22)7-3-4-16-35-23-10-12-24(13-11-23)36(32,33)27(26(30)28-31)14-17-34-18-15-27/h1-2,5-6,8-13,19,31H,3-4,7,14-18H2,(H,28,30). The smallest absolute Gasteiger partial charge is 0.265 e. The normalized spacial score (nSPS) is 15.4. The fraction of sp³-hybridized carbons (Fsp3) is 0.333. The van der Waals surface area contributed by atoms with Crippen LogP contribution in [0.1, 0.15) is 42.5 Å². The van der Waals surface area contributed by atoms with Gasteiger partial charge in [-0.3, -0.25) is 14.8 Å². The Kier molecular flexibility index (Phi) is 8.03. The second kappa shape index (κ2) is 11.2. The number of carbonyl (C=O) groups excluding carboxylic acids is 2. The first-order valence-electron chi connectivity index (χ1n) is 11.9. The number of nitrogens with one attached hydrogen (secondary N) is 1. The SMILES string of the molecule is O=C(CCCCOc1ccc(S(=O)(=O)C2(C(=O)NO)CCOCC2)cc1)c1ccc2ccccc2c1. The summed E-state index contributed by atoms with van der Waals surface area (Å²) in [5, 5.41) is 11.3. The summed E-state index contributed by atoms with van der Waals surface area (Å²) in [7, 11) is -4.08. The van der Waals surface area contributed by atoms with Crippen LogP contribution < -0.4 is 10.2 Å². The van der Waals surface area contributed by atoms with Crippen LogP contribution in [0.25, 0.3) is 10.8 Å². The van der Waals surface area contributed by atoms with Gasteiger partial charge in [-0.1, -0.05) is 36.4 Å². The van der Waals surface area contributed by atoms with Crippen molar-refractivity contribution < 1.29 is 32.7 Å². The van der Waals surface area contributed by atoms with E-state index in [-0.39, 0.29) is 36.7 Å². The van der Waals surface area contributed by atoms with E-state index in [9.17, 15) is 18.0 Å². The zero-order valence-electron chi connectivity index (χ0n) is 19.8. The maximum atomic E-state index is 13.3. The summed E-state index contributed by atoms with van der Waals surface area (Å²) in [6, 6.07) is 19.5. The van der Waals surface area contributed by atoms with Crippen molar-refractivity contribution in [2.75, 3.05) is 19.8 Å². The van der Waals surface area contributed by atoms with E-state index in [1.165, 1.54) is 29.7 Å². The number of hydroxylamine groups is 1. The number of unbranched alkanes of at least 4 members (excludes halogenated alkanes) is 1. The Balaban J connectivity index is 1.29.